The first-order valence-electron chi connectivity index (χ1n) is 10.7. The van der Waals surface area contributed by atoms with E-state index in [4.69, 9.17) is 4.74 Å². The minimum Gasteiger partial charge on any atom is -0.483 e. The zero-order valence-corrected chi connectivity index (χ0v) is 19.0. The van der Waals surface area contributed by atoms with Crippen LogP contribution in [0, 0.1) is 11.7 Å². The van der Waals surface area contributed by atoms with Crippen molar-refractivity contribution in [3.05, 3.63) is 65.5 Å². The van der Waals surface area contributed by atoms with Gasteiger partial charge >= 0.3 is 0 Å². The molecule has 1 atom stereocenters. The summed E-state index contributed by atoms with van der Waals surface area (Å²) in [4.78, 5) is 27.1. The summed E-state index contributed by atoms with van der Waals surface area (Å²) in [6.45, 7) is 9.99. The fourth-order valence-electron chi connectivity index (χ4n) is 3.16. The Labute approximate surface area is 184 Å². The van der Waals surface area contributed by atoms with Gasteiger partial charge in [-0.15, -0.1) is 0 Å². The van der Waals surface area contributed by atoms with Crippen molar-refractivity contribution < 1.29 is 18.7 Å². The summed E-state index contributed by atoms with van der Waals surface area (Å²) in [7, 11) is 0. The van der Waals surface area contributed by atoms with Crippen molar-refractivity contribution in [3.8, 4) is 5.75 Å². The van der Waals surface area contributed by atoms with Crippen molar-refractivity contribution >= 4 is 11.8 Å². The summed E-state index contributed by atoms with van der Waals surface area (Å²) in [6.07, 6.45) is 0. The number of nitrogens with zero attached hydrogens (tertiary/aromatic N) is 1. The minimum absolute atomic E-state index is 0.0169. The van der Waals surface area contributed by atoms with Crippen LogP contribution in [0.3, 0.4) is 0 Å². The molecule has 0 aliphatic heterocycles. The Morgan fingerprint density at radius 2 is 1.65 bits per heavy atom. The molecule has 0 radical (unpaired) electrons. The molecular formula is C25H33FN2O3. The number of ether oxygens (including phenoxy) is 1. The Hall–Kier alpha value is -2.89. The van der Waals surface area contributed by atoms with E-state index in [0.717, 1.165) is 5.56 Å². The molecule has 2 aromatic carbocycles. The average molecular weight is 429 g/mol. The van der Waals surface area contributed by atoms with E-state index in [1.54, 1.807) is 25.1 Å². The Morgan fingerprint density at radius 3 is 2.29 bits per heavy atom. The van der Waals surface area contributed by atoms with Gasteiger partial charge in [-0.25, -0.2) is 4.39 Å². The molecule has 2 rings (SSSR count). The number of nitrogens with one attached hydrogen (secondary N) is 1. The largest absolute Gasteiger partial charge is 0.483 e. The lowest BCUT2D eigenvalue weighted by Gasteiger charge is -2.29. The molecule has 0 aromatic heterocycles. The number of hydrogen-bond acceptors (Lipinski definition) is 3. The van der Waals surface area contributed by atoms with Gasteiger partial charge in [0.25, 0.3) is 5.91 Å². The topological polar surface area (TPSA) is 58.6 Å². The molecule has 0 fully saturated rings. The Kier molecular flexibility index (Phi) is 9.03. The van der Waals surface area contributed by atoms with Crippen LogP contribution in [0.4, 0.5) is 4.39 Å². The van der Waals surface area contributed by atoms with Gasteiger partial charge in [-0.05, 0) is 36.5 Å². The number of hydrogen-bond donors (Lipinski definition) is 1. The lowest BCUT2D eigenvalue weighted by atomic mass is 10.0. The number of amides is 2. The first-order chi connectivity index (χ1) is 14.7. The van der Waals surface area contributed by atoms with Crippen LogP contribution in [0.15, 0.2) is 48.5 Å². The van der Waals surface area contributed by atoms with Gasteiger partial charge in [0, 0.05) is 18.7 Å². The van der Waals surface area contributed by atoms with Crippen LogP contribution < -0.4 is 10.1 Å². The van der Waals surface area contributed by atoms with Crippen molar-refractivity contribution in [3.63, 3.8) is 0 Å². The predicted molar refractivity (Wildman–Crippen MR) is 120 cm³/mol. The van der Waals surface area contributed by atoms with Crippen molar-refractivity contribution in [1.29, 1.82) is 0 Å². The number of carbonyl (C=O) groups is 2. The number of para-hydroxylation sites is 1. The molecule has 0 aliphatic carbocycles. The van der Waals surface area contributed by atoms with Crippen LogP contribution >= 0.6 is 0 Å². The number of carbonyl (C=O) groups excluding carboxylic acids is 2. The van der Waals surface area contributed by atoms with Gasteiger partial charge in [-0.1, -0.05) is 64.1 Å². The van der Waals surface area contributed by atoms with Gasteiger partial charge in [0.1, 0.15) is 17.6 Å². The lowest BCUT2D eigenvalue weighted by molar-refractivity contribution is -0.142. The fraction of sp³-hybridized carbons (Fsp3) is 0.440. The molecule has 6 heteroatoms. The van der Waals surface area contributed by atoms with Crippen molar-refractivity contribution in [1.82, 2.24) is 10.2 Å². The van der Waals surface area contributed by atoms with Crippen LogP contribution in [0.1, 0.15) is 51.7 Å². The Bertz CT molecular complexity index is 883. The molecule has 1 unspecified atom stereocenters. The molecule has 0 aliphatic rings. The molecule has 5 nitrogen and oxygen atoms in total. The zero-order valence-electron chi connectivity index (χ0n) is 19.0. The third kappa shape index (κ3) is 7.09. The van der Waals surface area contributed by atoms with E-state index < -0.39 is 11.9 Å². The number of halogens is 1. The summed E-state index contributed by atoms with van der Waals surface area (Å²) in [6, 6.07) is 13.1. The maximum atomic E-state index is 14.3. The quantitative estimate of drug-likeness (QED) is 0.605. The molecule has 0 saturated heterocycles. The Morgan fingerprint density at radius 1 is 1.00 bits per heavy atom. The van der Waals surface area contributed by atoms with E-state index in [1.807, 2.05) is 38.1 Å². The highest BCUT2D eigenvalue weighted by molar-refractivity contribution is 5.88. The highest BCUT2D eigenvalue weighted by atomic mass is 19.1. The van der Waals surface area contributed by atoms with Crippen LogP contribution in [-0.2, 0) is 16.1 Å². The highest BCUT2D eigenvalue weighted by Gasteiger charge is 2.27. The molecule has 0 heterocycles. The van der Waals surface area contributed by atoms with Crippen LogP contribution in [0.25, 0.3) is 0 Å². The second-order valence-electron chi connectivity index (χ2n) is 8.41. The van der Waals surface area contributed by atoms with Crippen LogP contribution in [0.2, 0.25) is 0 Å². The molecule has 0 bridgehead atoms. The van der Waals surface area contributed by atoms with Crippen LogP contribution in [-0.4, -0.2) is 35.9 Å². The molecular weight excluding hydrogens is 395 g/mol. The SMILES string of the molecule is CC(C)CNC(=O)C(C)N(Cc1ccccc1F)C(=O)COc1ccccc1C(C)C. The standard InChI is InChI=1S/C25H33FN2O3/c1-17(2)14-27-25(30)19(5)28(15-20-10-6-8-12-22(20)26)24(29)16-31-23-13-9-7-11-21(23)18(3)4/h6-13,17-19H,14-16H2,1-5H3,(H,27,30). The van der Waals surface area contributed by atoms with Gasteiger partial charge < -0.3 is 15.0 Å². The third-order valence-electron chi connectivity index (χ3n) is 5.04. The van der Waals surface area contributed by atoms with Gasteiger partial charge in [0.05, 0.1) is 0 Å². The summed E-state index contributed by atoms with van der Waals surface area (Å²) in [5.74, 6) is 0.0778. The van der Waals surface area contributed by atoms with E-state index in [-0.39, 0.29) is 36.8 Å². The average Bonchev–Trinajstić information content (AvgIpc) is 2.74. The van der Waals surface area contributed by atoms with Gasteiger partial charge in [0.2, 0.25) is 5.91 Å². The fourth-order valence-corrected chi connectivity index (χ4v) is 3.16. The summed E-state index contributed by atoms with van der Waals surface area (Å²) in [5.41, 5.74) is 1.35. The summed E-state index contributed by atoms with van der Waals surface area (Å²) in [5, 5.41) is 2.85. The van der Waals surface area contributed by atoms with Crippen LogP contribution in [0.5, 0.6) is 5.75 Å². The van der Waals surface area contributed by atoms with E-state index in [0.29, 0.717) is 17.9 Å². The van der Waals surface area contributed by atoms with Crippen molar-refractivity contribution in [2.24, 2.45) is 5.92 Å². The first-order valence-corrected chi connectivity index (χ1v) is 10.7. The molecule has 0 spiro atoms. The number of rotatable bonds is 10. The monoisotopic (exact) mass is 428 g/mol. The maximum absolute atomic E-state index is 14.3. The van der Waals surface area contributed by atoms with Gasteiger partial charge in [-0.3, -0.25) is 9.59 Å². The smallest absolute Gasteiger partial charge is 0.261 e. The third-order valence-corrected chi connectivity index (χ3v) is 5.04. The Balaban J connectivity index is 2.19. The van der Waals surface area contributed by atoms with E-state index >= 15 is 0 Å². The summed E-state index contributed by atoms with van der Waals surface area (Å²) < 4.78 is 20.1. The second kappa shape index (κ2) is 11.5. The van der Waals surface area contributed by atoms with Gasteiger partial charge in [-0.2, -0.15) is 0 Å². The van der Waals surface area contributed by atoms with E-state index in [2.05, 4.69) is 19.2 Å². The molecule has 0 saturated carbocycles. The molecule has 31 heavy (non-hydrogen) atoms. The second-order valence-corrected chi connectivity index (χ2v) is 8.41. The molecule has 2 aromatic rings. The molecule has 168 valence electrons. The van der Waals surface area contributed by atoms with Crippen molar-refractivity contribution in [2.75, 3.05) is 13.2 Å². The normalized spacial score (nSPS) is 12.0. The maximum Gasteiger partial charge on any atom is 0.261 e. The van der Waals surface area contributed by atoms with Crippen molar-refractivity contribution in [2.45, 2.75) is 53.1 Å². The number of benzene rings is 2. The molecule has 2 amide bonds. The predicted octanol–water partition coefficient (Wildman–Crippen LogP) is 4.52. The van der Waals surface area contributed by atoms with Gasteiger partial charge in [0.15, 0.2) is 6.61 Å². The molecule has 1 N–H and O–H groups in total. The lowest BCUT2D eigenvalue weighted by Crippen LogP contribution is -2.49. The minimum atomic E-state index is -0.769. The highest BCUT2D eigenvalue weighted by Crippen LogP contribution is 2.26. The summed E-state index contributed by atoms with van der Waals surface area (Å²) >= 11 is 0. The first kappa shape index (κ1) is 24.4. The van der Waals surface area contributed by atoms with E-state index in [1.165, 1.54) is 11.0 Å². The zero-order chi connectivity index (χ0) is 23.0. The van der Waals surface area contributed by atoms with E-state index in [9.17, 15) is 14.0 Å².